The molecule has 2 aromatic rings. The molecule has 0 saturated carbocycles. The van der Waals surface area contributed by atoms with Gasteiger partial charge >= 0.3 is 5.76 Å². The van der Waals surface area contributed by atoms with Gasteiger partial charge in [0, 0.05) is 5.69 Å². The SMILES string of the molecule is Cc1occc1C(=O)Nc1ccc(S(=O)(=O)C(F)F)cc1. The first kappa shape index (κ1) is 15.2. The second-order valence-corrected chi connectivity index (χ2v) is 6.09. The second-order valence-electron chi connectivity index (χ2n) is 4.17. The molecule has 1 aromatic carbocycles. The van der Waals surface area contributed by atoms with Gasteiger partial charge in [-0.05, 0) is 37.3 Å². The largest absolute Gasteiger partial charge is 0.469 e. The van der Waals surface area contributed by atoms with Crippen LogP contribution in [-0.2, 0) is 9.84 Å². The lowest BCUT2D eigenvalue weighted by Gasteiger charge is -2.06. The molecule has 5 nitrogen and oxygen atoms in total. The Morgan fingerprint density at radius 1 is 1.19 bits per heavy atom. The maximum atomic E-state index is 12.4. The molecule has 0 atom stereocenters. The summed E-state index contributed by atoms with van der Waals surface area (Å²) in [5.74, 6) is -3.48. The summed E-state index contributed by atoms with van der Waals surface area (Å²) in [6, 6.07) is 5.99. The van der Waals surface area contributed by atoms with Gasteiger partial charge in [-0.25, -0.2) is 8.42 Å². The molecule has 112 valence electrons. The number of benzene rings is 1. The quantitative estimate of drug-likeness (QED) is 0.941. The summed E-state index contributed by atoms with van der Waals surface area (Å²) >= 11 is 0. The molecule has 0 fully saturated rings. The zero-order chi connectivity index (χ0) is 15.6. The average molecular weight is 315 g/mol. The third-order valence-electron chi connectivity index (χ3n) is 2.78. The van der Waals surface area contributed by atoms with E-state index in [1.807, 2.05) is 0 Å². The Hall–Kier alpha value is -2.22. The average Bonchev–Trinajstić information content (AvgIpc) is 2.85. The van der Waals surface area contributed by atoms with Gasteiger partial charge < -0.3 is 9.73 Å². The van der Waals surface area contributed by atoms with Gasteiger partial charge in [0.05, 0.1) is 16.7 Å². The Kier molecular flexibility index (Phi) is 4.08. The van der Waals surface area contributed by atoms with Crippen molar-refractivity contribution in [1.29, 1.82) is 0 Å². The first-order valence-electron chi connectivity index (χ1n) is 5.80. The minimum atomic E-state index is -4.63. The van der Waals surface area contributed by atoms with Crippen LogP contribution in [0, 0.1) is 6.92 Å². The Bertz CT molecular complexity index is 751. The lowest BCUT2D eigenvalue weighted by atomic mass is 10.2. The van der Waals surface area contributed by atoms with Gasteiger partial charge in [-0.3, -0.25) is 4.79 Å². The Morgan fingerprint density at radius 3 is 2.29 bits per heavy atom. The lowest BCUT2D eigenvalue weighted by molar-refractivity contribution is 0.102. The number of nitrogens with one attached hydrogen (secondary N) is 1. The van der Waals surface area contributed by atoms with E-state index in [1.165, 1.54) is 24.5 Å². The number of carbonyl (C=O) groups excluding carboxylic acids is 1. The van der Waals surface area contributed by atoms with Crippen LogP contribution in [-0.4, -0.2) is 20.1 Å². The highest BCUT2D eigenvalue weighted by Gasteiger charge is 2.26. The van der Waals surface area contributed by atoms with Gasteiger partial charge in [-0.2, -0.15) is 8.78 Å². The summed E-state index contributed by atoms with van der Waals surface area (Å²) in [5, 5.41) is 2.51. The molecule has 1 aromatic heterocycles. The molecule has 0 saturated heterocycles. The van der Waals surface area contributed by atoms with Crippen LogP contribution < -0.4 is 5.32 Å². The van der Waals surface area contributed by atoms with Crippen molar-refractivity contribution in [2.45, 2.75) is 17.6 Å². The van der Waals surface area contributed by atoms with E-state index < -0.39 is 26.4 Å². The summed E-state index contributed by atoms with van der Waals surface area (Å²) in [5.41, 5.74) is 0.619. The monoisotopic (exact) mass is 315 g/mol. The number of amides is 1. The second kappa shape index (κ2) is 5.65. The van der Waals surface area contributed by atoms with E-state index in [2.05, 4.69) is 5.32 Å². The highest BCUT2D eigenvalue weighted by molar-refractivity contribution is 7.91. The summed E-state index contributed by atoms with van der Waals surface area (Å²) in [6.45, 7) is 1.62. The van der Waals surface area contributed by atoms with Crippen LogP contribution in [0.3, 0.4) is 0 Å². The Balaban J connectivity index is 2.17. The summed E-state index contributed by atoms with van der Waals surface area (Å²) in [6.07, 6.45) is 1.36. The van der Waals surface area contributed by atoms with Crippen molar-refractivity contribution in [2.75, 3.05) is 5.32 Å². The molecule has 0 spiro atoms. The van der Waals surface area contributed by atoms with E-state index in [1.54, 1.807) is 6.92 Å². The maximum absolute atomic E-state index is 12.4. The van der Waals surface area contributed by atoms with E-state index in [4.69, 9.17) is 4.42 Å². The van der Waals surface area contributed by atoms with Crippen molar-refractivity contribution in [3.63, 3.8) is 0 Å². The van der Waals surface area contributed by atoms with Gasteiger partial charge in [0.1, 0.15) is 5.76 Å². The first-order valence-corrected chi connectivity index (χ1v) is 7.34. The van der Waals surface area contributed by atoms with Crippen LogP contribution in [0.15, 0.2) is 45.9 Å². The van der Waals surface area contributed by atoms with E-state index in [9.17, 15) is 22.0 Å². The zero-order valence-corrected chi connectivity index (χ0v) is 11.7. The molecule has 2 rings (SSSR count). The third kappa shape index (κ3) is 3.10. The van der Waals surface area contributed by atoms with Crippen molar-refractivity contribution in [3.8, 4) is 0 Å². The Morgan fingerprint density at radius 2 is 1.81 bits per heavy atom. The Labute approximate surface area is 119 Å². The van der Waals surface area contributed by atoms with Crippen molar-refractivity contribution in [2.24, 2.45) is 0 Å². The van der Waals surface area contributed by atoms with E-state index in [-0.39, 0.29) is 5.69 Å². The van der Waals surface area contributed by atoms with E-state index in [0.717, 1.165) is 12.1 Å². The smallest absolute Gasteiger partial charge is 0.341 e. The number of hydrogen-bond acceptors (Lipinski definition) is 4. The van der Waals surface area contributed by atoms with Gasteiger partial charge in [-0.15, -0.1) is 0 Å². The predicted molar refractivity (Wildman–Crippen MR) is 71.0 cm³/mol. The molecular weight excluding hydrogens is 304 g/mol. The number of rotatable bonds is 4. The van der Waals surface area contributed by atoms with Crippen LogP contribution in [0.25, 0.3) is 0 Å². The molecular formula is C13H11F2NO4S. The predicted octanol–water partition coefficient (Wildman–Crippen LogP) is 2.84. The molecule has 0 aliphatic heterocycles. The zero-order valence-electron chi connectivity index (χ0n) is 10.8. The fraction of sp³-hybridized carbons (Fsp3) is 0.154. The fourth-order valence-corrected chi connectivity index (χ4v) is 2.37. The highest BCUT2D eigenvalue weighted by atomic mass is 32.2. The molecule has 21 heavy (non-hydrogen) atoms. The van der Waals surface area contributed by atoms with Gasteiger partial charge in [0.15, 0.2) is 0 Å². The standard InChI is InChI=1S/C13H11F2NO4S/c1-8-11(6-7-20-8)12(17)16-9-2-4-10(5-3-9)21(18,19)13(14)15/h2-7,13H,1H3,(H,16,17). The van der Waals surface area contributed by atoms with Gasteiger partial charge in [0.25, 0.3) is 5.91 Å². The third-order valence-corrected chi connectivity index (χ3v) is 4.18. The molecule has 0 bridgehead atoms. The number of hydrogen-bond donors (Lipinski definition) is 1. The first-order chi connectivity index (χ1) is 9.82. The van der Waals surface area contributed by atoms with Crippen molar-refractivity contribution in [3.05, 3.63) is 47.9 Å². The molecule has 0 radical (unpaired) electrons. The minimum Gasteiger partial charge on any atom is -0.469 e. The minimum absolute atomic E-state index is 0.286. The highest BCUT2D eigenvalue weighted by Crippen LogP contribution is 2.21. The van der Waals surface area contributed by atoms with Crippen LogP contribution >= 0.6 is 0 Å². The number of anilines is 1. The summed E-state index contributed by atoms with van der Waals surface area (Å²) in [7, 11) is -4.63. The van der Waals surface area contributed by atoms with E-state index in [0.29, 0.717) is 11.3 Å². The van der Waals surface area contributed by atoms with Gasteiger partial charge in [0.2, 0.25) is 9.84 Å². The van der Waals surface area contributed by atoms with Crippen LogP contribution in [0.5, 0.6) is 0 Å². The number of carbonyl (C=O) groups is 1. The number of halogens is 2. The number of alkyl halides is 2. The van der Waals surface area contributed by atoms with Gasteiger partial charge in [-0.1, -0.05) is 0 Å². The molecule has 0 unspecified atom stereocenters. The molecule has 1 N–H and O–H groups in total. The molecule has 0 aliphatic carbocycles. The van der Waals surface area contributed by atoms with E-state index >= 15 is 0 Å². The molecule has 1 amide bonds. The molecule has 0 aliphatic rings. The van der Waals surface area contributed by atoms with Crippen LogP contribution in [0.1, 0.15) is 16.1 Å². The molecule has 8 heteroatoms. The summed E-state index contributed by atoms with van der Waals surface area (Å²) < 4.78 is 52.2. The van der Waals surface area contributed by atoms with Crippen molar-refractivity contribution >= 4 is 21.4 Å². The summed E-state index contributed by atoms with van der Waals surface area (Å²) in [4.78, 5) is 11.4. The fourth-order valence-electron chi connectivity index (χ4n) is 1.65. The normalized spacial score (nSPS) is 11.6. The molecule has 1 heterocycles. The number of aryl methyl sites for hydroxylation is 1. The number of furan rings is 1. The number of sulfone groups is 1. The van der Waals surface area contributed by atoms with Crippen LogP contribution in [0.2, 0.25) is 0 Å². The van der Waals surface area contributed by atoms with Crippen molar-refractivity contribution < 1.29 is 26.4 Å². The maximum Gasteiger partial charge on any atom is 0.341 e. The lowest BCUT2D eigenvalue weighted by Crippen LogP contribution is -2.13. The topological polar surface area (TPSA) is 76.4 Å². The van der Waals surface area contributed by atoms with Crippen LogP contribution in [0.4, 0.5) is 14.5 Å². The van der Waals surface area contributed by atoms with Crippen molar-refractivity contribution in [1.82, 2.24) is 0 Å².